The first-order chi connectivity index (χ1) is 9.06. The van der Waals surface area contributed by atoms with Crippen LogP contribution in [0.15, 0.2) is 18.2 Å². The number of benzene rings is 1. The average Bonchev–Trinajstić information content (AvgIpc) is 2.94. The third kappa shape index (κ3) is 2.04. The Labute approximate surface area is 111 Å². The van der Waals surface area contributed by atoms with Crippen molar-refractivity contribution in [3.05, 3.63) is 23.8 Å². The maximum Gasteiger partial charge on any atom is 0.257 e. The minimum absolute atomic E-state index is 0.0411. The van der Waals surface area contributed by atoms with E-state index >= 15 is 0 Å². The van der Waals surface area contributed by atoms with Crippen LogP contribution in [0.3, 0.4) is 0 Å². The van der Waals surface area contributed by atoms with Gasteiger partial charge in [-0.05, 0) is 37.0 Å². The van der Waals surface area contributed by atoms with Gasteiger partial charge in [0.2, 0.25) is 0 Å². The number of amides is 1. The molecule has 3 unspecified atom stereocenters. The van der Waals surface area contributed by atoms with Gasteiger partial charge in [0.25, 0.3) is 5.91 Å². The first-order valence-electron chi connectivity index (χ1n) is 6.55. The molecule has 1 heterocycles. The number of fused-ring (bicyclic) bond motifs is 1. The van der Waals surface area contributed by atoms with Gasteiger partial charge >= 0.3 is 0 Å². The van der Waals surface area contributed by atoms with Crippen molar-refractivity contribution in [1.29, 1.82) is 0 Å². The Balaban J connectivity index is 1.80. The summed E-state index contributed by atoms with van der Waals surface area (Å²) in [4.78, 5) is 14.0. The van der Waals surface area contributed by atoms with Crippen molar-refractivity contribution in [2.45, 2.75) is 18.9 Å². The van der Waals surface area contributed by atoms with Gasteiger partial charge in [0, 0.05) is 19.0 Å². The van der Waals surface area contributed by atoms with Crippen LogP contribution in [0.25, 0.3) is 0 Å². The molecule has 1 aliphatic heterocycles. The Morgan fingerprint density at radius 3 is 2.74 bits per heavy atom. The number of hydrogen-bond acceptors (Lipinski definition) is 4. The number of nitrogens with zero attached hydrogens (tertiary/aromatic N) is 1. The van der Waals surface area contributed by atoms with Crippen LogP contribution in [0.4, 0.5) is 0 Å². The second-order valence-corrected chi connectivity index (χ2v) is 5.48. The minimum atomic E-state index is -0.319. The lowest BCUT2D eigenvalue weighted by molar-refractivity contribution is 0.0749. The molecular formula is C14H17NO4. The highest BCUT2D eigenvalue weighted by Gasteiger charge is 2.43. The zero-order valence-corrected chi connectivity index (χ0v) is 10.5. The van der Waals surface area contributed by atoms with E-state index in [1.807, 2.05) is 0 Å². The molecule has 19 heavy (non-hydrogen) atoms. The lowest BCUT2D eigenvalue weighted by Gasteiger charge is -2.19. The number of rotatable bonds is 1. The van der Waals surface area contributed by atoms with Crippen LogP contribution in [-0.4, -0.2) is 45.3 Å². The maximum absolute atomic E-state index is 12.3. The third-order valence-corrected chi connectivity index (χ3v) is 4.32. The molecule has 3 rings (SSSR count). The van der Waals surface area contributed by atoms with E-state index in [4.69, 9.17) is 0 Å². The van der Waals surface area contributed by atoms with Crippen LogP contribution in [-0.2, 0) is 0 Å². The van der Waals surface area contributed by atoms with Crippen molar-refractivity contribution in [2.24, 2.45) is 11.8 Å². The van der Waals surface area contributed by atoms with Crippen LogP contribution in [0, 0.1) is 11.8 Å². The molecule has 1 aromatic rings. The molecule has 102 valence electrons. The molecular weight excluding hydrogens is 246 g/mol. The zero-order valence-electron chi connectivity index (χ0n) is 10.5. The second-order valence-electron chi connectivity index (χ2n) is 5.48. The van der Waals surface area contributed by atoms with E-state index in [1.54, 1.807) is 4.90 Å². The zero-order chi connectivity index (χ0) is 13.6. The Kier molecular flexibility index (Phi) is 2.86. The second kappa shape index (κ2) is 4.42. The predicted molar refractivity (Wildman–Crippen MR) is 67.9 cm³/mol. The van der Waals surface area contributed by atoms with E-state index in [0.717, 1.165) is 12.8 Å². The molecule has 0 bridgehead atoms. The summed E-state index contributed by atoms with van der Waals surface area (Å²) < 4.78 is 0. The summed E-state index contributed by atoms with van der Waals surface area (Å²) in [6.07, 6.45) is 1.44. The summed E-state index contributed by atoms with van der Waals surface area (Å²) >= 11 is 0. The van der Waals surface area contributed by atoms with Gasteiger partial charge in [-0.15, -0.1) is 0 Å². The topological polar surface area (TPSA) is 81.0 Å². The van der Waals surface area contributed by atoms with Gasteiger partial charge in [0.05, 0.1) is 11.7 Å². The Bertz CT molecular complexity index is 516. The van der Waals surface area contributed by atoms with Crippen molar-refractivity contribution < 1.29 is 20.1 Å². The molecule has 1 saturated carbocycles. The molecule has 5 nitrogen and oxygen atoms in total. The van der Waals surface area contributed by atoms with Crippen LogP contribution in [0.2, 0.25) is 0 Å². The van der Waals surface area contributed by atoms with Crippen LogP contribution in [0.5, 0.6) is 11.5 Å². The molecule has 3 N–H and O–H groups in total. The van der Waals surface area contributed by atoms with E-state index in [9.17, 15) is 20.1 Å². The van der Waals surface area contributed by atoms with Gasteiger partial charge in [0.15, 0.2) is 0 Å². The van der Waals surface area contributed by atoms with E-state index in [0.29, 0.717) is 19.0 Å². The van der Waals surface area contributed by atoms with Gasteiger partial charge in [-0.1, -0.05) is 0 Å². The van der Waals surface area contributed by atoms with Gasteiger partial charge in [0.1, 0.15) is 11.5 Å². The number of aliphatic hydroxyl groups is 1. The lowest BCUT2D eigenvalue weighted by atomic mass is 10.00. The van der Waals surface area contributed by atoms with E-state index < -0.39 is 0 Å². The summed E-state index contributed by atoms with van der Waals surface area (Å²) in [7, 11) is 0. The highest BCUT2D eigenvalue weighted by Crippen LogP contribution is 2.39. The number of phenols is 2. The van der Waals surface area contributed by atoms with Crippen LogP contribution >= 0.6 is 0 Å². The predicted octanol–water partition coefficient (Wildman–Crippen LogP) is 0.941. The quantitative estimate of drug-likeness (QED) is 0.659. The summed E-state index contributed by atoms with van der Waals surface area (Å²) in [6.45, 7) is 1.15. The third-order valence-electron chi connectivity index (χ3n) is 4.32. The SMILES string of the molecule is O=C(c1cc(O)ccc1O)N1CC2CCC(O)C2C1. The van der Waals surface area contributed by atoms with Gasteiger partial charge < -0.3 is 20.2 Å². The number of hydrogen-bond donors (Lipinski definition) is 3. The lowest BCUT2D eigenvalue weighted by Crippen LogP contribution is -2.31. The summed E-state index contributed by atoms with van der Waals surface area (Å²) in [5.74, 6) is 0.0674. The number of carbonyl (C=O) groups is 1. The number of aromatic hydroxyl groups is 2. The normalized spacial score (nSPS) is 29.5. The summed E-state index contributed by atoms with van der Waals surface area (Å²) in [6, 6.07) is 3.94. The molecule has 1 saturated heterocycles. The molecule has 1 aliphatic carbocycles. The van der Waals surface area contributed by atoms with Crippen molar-refractivity contribution in [3.63, 3.8) is 0 Å². The van der Waals surface area contributed by atoms with Crippen molar-refractivity contribution in [3.8, 4) is 11.5 Å². The number of likely N-dealkylation sites (tertiary alicyclic amines) is 1. The summed E-state index contributed by atoms with van der Waals surface area (Å²) in [5.41, 5.74) is 0.120. The van der Waals surface area contributed by atoms with E-state index in [2.05, 4.69) is 0 Å². The van der Waals surface area contributed by atoms with Crippen molar-refractivity contribution in [2.75, 3.05) is 13.1 Å². The van der Waals surface area contributed by atoms with E-state index in [-0.39, 0.29) is 35.0 Å². The first-order valence-corrected chi connectivity index (χ1v) is 6.55. The Morgan fingerprint density at radius 1 is 1.21 bits per heavy atom. The minimum Gasteiger partial charge on any atom is -0.508 e. The average molecular weight is 263 g/mol. The van der Waals surface area contributed by atoms with Gasteiger partial charge in [-0.3, -0.25) is 4.79 Å². The Hall–Kier alpha value is -1.75. The highest BCUT2D eigenvalue weighted by atomic mass is 16.3. The molecule has 1 aromatic carbocycles. The smallest absolute Gasteiger partial charge is 0.257 e. The van der Waals surface area contributed by atoms with Gasteiger partial charge in [-0.2, -0.15) is 0 Å². The fourth-order valence-electron chi connectivity index (χ4n) is 3.27. The molecule has 1 amide bonds. The van der Waals surface area contributed by atoms with Gasteiger partial charge in [-0.25, -0.2) is 0 Å². The molecule has 0 aromatic heterocycles. The van der Waals surface area contributed by atoms with Crippen LogP contribution in [0.1, 0.15) is 23.2 Å². The summed E-state index contributed by atoms with van der Waals surface area (Å²) in [5, 5.41) is 29.0. The molecule has 0 radical (unpaired) electrons. The molecule has 2 aliphatic rings. The standard InChI is InChI=1S/C14H17NO4/c16-9-2-4-12(17)10(5-9)14(19)15-6-8-1-3-13(18)11(8)7-15/h2,4-5,8,11,13,16-18H,1,3,6-7H2. The molecule has 5 heteroatoms. The number of aliphatic hydroxyl groups excluding tert-OH is 1. The monoisotopic (exact) mass is 263 g/mol. The molecule has 2 fully saturated rings. The highest BCUT2D eigenvalue weighted by molar-refractivity contribution is 5.97. The number of phenolic OH excluding ortho intramolecular Hbond substituents is 2. The fourth-order valence-corrected chi connectivity index (χ4v) is 3.27. The number of carbonyl (C=O) groups excluding carboxylic acids is 1. The molecule has 3 atom stereocenters. The Morgan fingerprint density at radius 2 is 2.00 bits per heavy atom. The van der Waals surface area contributed by atoms with Crippen molar-refractivity contribution in [1.82, 2.24) is 4.90 Å². The fraction of sp³-hybridized carbons (Fsp3) is 0.500. The van der Waals surface area contributed by atoms with E-state index in [1.165, 1.54) is 18.2 Å². The largest absolute Gasteiger partial charge is 0.508 e. The van der Waals surface area contributed by atoms with Crippen LogP contribution < -0.4 is 0 Å². The molecule has 0 spiro atoms. The van der Waals surface area contributed by atoms with Crippen molar-refractivity contribution >= 4 is 5.91 Å². The maximum atomic E-state index is 12.3. The first kappa shape index (κ1) is 12.3.